The smallest absolute Gasteiger partial charge is 0.343 e. The minimum absolute atomic E-state index is 0. The first-order valence-electron chi connectivity index (χ1n) is 12.3. The Kier molecular flexibility index (Phi) is 12.7. The van der Waals surface area contributed by atoms with Crippen LogP contribution in [0.25, 0.3) is 0 Å². The van der Waals surface area contributed by atoms with Crippen LogP contribution in [0.3, 0.4) is 0 Å². The average Bonchev–Trinajstić information content (AvgIpc) is 2.89. The number of esters is 1. The predicted molar refractivity (Wildman–Crippen MR) is 146 cm³/mol. The minimum atomic E-state index is -0.369. The Morgan fingerprint density at radius 1 is 0.943 bits per heavy atom. The van der Waals surface area contributed by atoms with Gasteiger partial charge in [-0.2, -0.15) is 0 Å². The standard InChI is InChI=1S/C27H37N3O3.2ClH/c1-32-27(31)21-33-26-9-7-23(8-10-26)29-18-14-25(15-19-29)30(24-11-16-28-17-12-24)20-13-22-5-3-2-4-6-22;;/h2-10,24-25,28H,11-21H2,1H3;2*1H. The number of ether oxygens (including phenoxy) is 2. The van der Waals surface area contributed by atoms with E-state index < -0.39 is 0 Å². The maximum absolute atomic E-state index is 11.3. The Morgan fingerprint density at radius 2 is 1.57 bits per heavy atom. The summed E-state index contributed by atoms with van der Waals surface area (Å²) >= 11 is 0. The molecule has 0 saturated carbocycles. The molecule has 194 valence electrons. The zero-order chi connectivity index (χ0) is 22.9. The van der Waals surface area contributed by atoms with Crippen LogP contribution < -0.4 is 15.0 Å². The number of anilines is 1. The first kappa shape index (κ1) is 29.2. The van der Waals surface area contributed by atoms with E-state index in [0.29, 0.717) is 17.8 Å². The maximum atomic E-state index is 11.3. The van der Waals surface area contributed by atoms with E-state index >= 15 is 0 Å². The van der Waals surface area contributed by atoms with Gasteiger partial charge in [-0.15, -0.1) is 24.8 Å². The van der Waals surface area contributed by atoms with Gasteiger partial charge >= 0.3 is 5.97 Å². The molecule has 1 N–H and O–H groups in total. The largest absolute Gasteiger partial charge is 0.482 e. The van der Waals surface area contributed by atoms with Crippen molar-refractivity contribution in [1.29, 1.82) is 0 Å². The molecule has 2 saturated heterocycles. The van der Waals surface area contributed by atoms with E-state index in [0.717, 1.165) is 39.1 Å². The molecule has 8 heteroatoms. The third-order valence-corrected chi connectivity index (χ3v) is 7.00. The van der Waals surface area contributed by atoms with Gasteiger partial charge in [0.15, 0.2) is 6.61 Å². The fourth-order valence-corrected chi connectivity index (χ4v) is 5.11. The molecule has 0 bridgehead atoms. The van der Waals surface area contributed by atoms with Gasteiger partial charge in [-0.25, -0.2) is 4.79 Å². The first-order valence-corrected chi connectivity index (χ1v) is 12.3. The summed E-state index contributed by atoms with van der Waals surface area (Å²) in [5, 5.41) is 3.53. The number of hydrogen-bond donors (Lipinski definition) is 1. The molecule has 0 spiro atoms. The van der Waals surface area contributed by atoms with Gasteiger partial charge in [-0.1, -0.05) is 30.3 Å². The second-order valence-corrected chi connectivity index (χ2v) is 9.03. The number of hydrogen-bond acceptors (Lipinski definition) is 6. The summed E-state index contributed by atoms with van der Waals surface area (Å²) < 4.78 is 10.1. The number of nitrogens with zero attached hydrogens (tertiary/aromatic N) is 2. The lowest BCUT2D eigenvalue weighted by molar-refractivity contribution is -0.142. The summed E-state index contributed by atoms with van der Waals surface area (Å²) in [7, 11) is 1.37. The normalized spacial score (nSPS) is 16.8. The van der Waals surface area contributed by atoms with E-state index in [1.165, 1.54) is 44.0 Å². The molecule has 2 aromatic carbocycles. The number of carbonyl (C=O) groups excluding carboxylic acids is 1. The summed E-state index contributed by atoms with van der Waals surface area (Å²) in [4.78, 5) is 16.6. The van der Waals surface area contributed by atoms with Gasteiger partial charge in [0.2, 0.25) is 0 Å². The van der Waals surface area contributed by atoms with Crippen molar-refractivity contribution in [3.63, 3.8) is 0 Å². The van der Waals surface area contributed by atoms with Crippen molar-refractivity contribution in [3.8, 4) is 5.75 Å². The third-order valence-electron chi connectivity index (χ3n) is 7.00. The highest BCUT2D eigenvalue weighted by atomic mass is 35.5. The molecule has 2 aliphatic heterocycles. The lowest BCUT2D eigenvalue weighted by atomic mass is 9.96. The Morgan fingerprint density at radius 3 is 2.20 bits per heavy atom. The molecule has 2 aromatic rings. The molecule has 0 atom stereocenters. The van der Waals surface area contributed by atoms with Crippen LogP contribution in [0, 0.1) is 0 Å². The predicted octanol–water partition coefficient (Wildman–Crippen LogP) is 4.35. The van der Waals surface area contributed by atoms with Crippen LogP contribution in [-0.2, 0) is 16.0 Å². The first-order chi connectivity index (χ1) is 16.2. The zero-order valence-electron chi connectivity index (χ0n) is 20.6. The number of nitrogens with one attached hydrogen (secondary N) is 1. The molecule has 6 nitrogen and oxygen atoms in total. The van der Waals surface area contributed by atoms with Gasteiger partial charge in [-0.3, -0.25) is 4.90 Å². The van der Waals surface area contributed by atoms with Crippen molar-refractivity contribution in [2.24, 2.45) is 0 Å². The second-order valence-electron chi connectivity index (χ2n) is 9.03. The van der Waals surface area contributed by atoms with E-state index in [9.17, 15) is 4.79 Å². The molecule has 4 rings (SSSR count). The summed E-state index contributed by atoms with van der Waals surface area (Å²) in [6, 6.07) is 20.3. The van der Waals surface area contributed by atoms with Gasteiger partial charge in [0.1, 0.15) is 5.75 Å². The number of halogens is 2. The van der Waals surface area contributed by atoms with E-state index in [4.69, 9.17) is 4.74 Å². The molecule has 2 fully saturated rings. The summed E-state index contributed by atoms with van der Waals surface area (Å²) in [5.74, 6) is 0.323. The summed E-state index contributed by atoms with van der Waals surface area (Å²) in [6.45, 7) is 5.49. The van der Waals surface area contributed by atoms with Crippen LogP contribution in [0.15, 0.2) is 54.6 Å². The highest BCUT2D eigenvalue weighted by molar-refractivity contribution is 5.85. The van der Waals surface area contributed by atoms with Gasteiger partial charge < -0.3 is 19.7 Å². The van der Waals surface area contributed by atoms with Crippen LogP contribution in [0.1, 0.15) is 31.2 Å². The topological polar surface area (TPSA) is 54.0 Å². The van der Waals surface area contributed by atoms with Crippen molar-refractivity contribution < 1.29 is 14.3 Å². The number of piperidine rings is 2. The number of benzene rings is 2. The SMILES string of the molecule is COC(=O)COc1ccc(N2CCC(N(CCc3ccccc3)C3CCNCC3)CC2)cc1.Cl.Cl. The van der Waals surface area contributed by atoms with Crippen LogP contribution in [-0.4, -0.2) is 69.4 Å². The van der Waals surface area contributed by atoms with Gasteiger partial charge in [0.05, 0.1) is 7.11 Å². The number of rotatable bonds is 9. The van der Waals surface area contributed by atoms with E-state index in [1.54, 1.807) is 0 Å². The molecular formula is C27H39Cl2N3O3. The van der Waals surface area contributed by atoms with Gasteiger partial charge in [0, 0.05) is 37.4 Å². The fourth-order valence-electron chi connectivity index (χ4n) is 5.11. The molecule has 0 radical (unpaired) electrons. The van der Waals surface area contributed by atoms with Gasteiger partial charge in [-0.05, 0) is 75.0 Å². The van der Waals surface area contributed by atoms with Crippen molar-refractivity contribution in [2.45, 2.75) is 44.2 Å². The Labute approximate surface area is 222 Å². The van der Waals surface area contributed by atoms with Crippen LogP contribution >= 0.6 is 24.8 Å². The highest BCUT2D eigenvalue weighted by Gasteiger charge is 2.30. The molecule has 0 aliphatic carbocycles. The van der Waals surface area contributed by atoms with E-state index in [1.807, 2.05) is 12.1 Å². The number of carbonyl (C=O) groups is 1. The third kappa shape index (κ3) is 8.57. The lowest BCUT2D eigenvalue weighted by Gasteiger charge is -2.44. The maximum Gasteiger partial charge on any atom is 0.343 e. The van der Waals surface area contributed by atoms with Crippen LogP contribution in [0.4, 0.5) is 5.69 Å². The molecule has 0 unspecified atom stereocenters. The number of methoxy groups -OCH3 is 1. The molecule has 0 aromatic heterocycles. The molecular weight excluding hydrogens is 485 g/mol. The Bertz CT molecular complexity index is 856. The van der Waals surface area contributed by atoms with E-state index in [-0.39, 0.29) is 37.4 Å². The van der Waals surface area contributed by atoms with Crippen LogP contribution in [0.2, 0.25) is 0 Å². The molecule has 0 amide bonds. The molecule has 2 heterocycles. The summed E-state index contributed by atoms with van der Waals surface area (Å²) in [5.41, 5.74) is 2.65. The molecule has 2 aliphatic rings. The van der Waals surface area contributed by atoms with Crippen molar-refractivity contribution in [3.05, 3.63) is 60.2 Å². The second kappa shape index (κ2) is 15.2. The average molecular weight is 525 g/mol. The zero-order valence-corrected chi connectivity index (χ0v) is 22.2. The summed E-state index contributed by atoms with van der Waals surface area (Å²) in [6.07, 6.45) is 6.01. The lowest BCUT2D eigenvalue weighted by Crippen LogP contribution is -2.52. The van der Waals surface area contributed by atoms with Gasteiger partial charge in [0.25, 0.3) is 0 Å². The highest BCUT2D eigenvalue weighted by Crippen LogP contribution is 2.27. The Hall–Kier alpha value is -1.99. The van der Waals surface area contributed by atoms with E-state index in [2.05, 4.69) is 62.3 Å². The molecule has 35 heavy (non-hydrogen) atoms. The minimum Gasteiger partial charge on any atom is -0.482 e. The fraction of sp³-hybridized carbons (Fsp3) is 0.519. The van der Waals surface area contributed by atoms with Crippen molar-refractivity contribution in [2.75, 3.05) is 51.3 Å². The van der Waals surface area contributed by atoms with Crippen LogP contribution in [0.5, 0.6) is 5.75 Å². The van der Waals surface area contributed by atoms with Crippen molar-refractivity contribution >= 4 is 36.5 Å². The monoisotopic (exact) mass is 523 g/mol. The quantitative estimate of drug-likeness (QED) is 0.493. The van der Waals surface area contributed by atoms with Crippen molar-refractivity contribution in [1.82, 2.24) is 10.2 Å². The Balaban J connectivity index is 0.00000216.